The van der Waals surface area contributed by atoms with Gasteiger partial charge in [-0.25, -0.2) is 0 Å². The summed E-state index contributed by atoms with van der Waals surface area (Å²) >= 11 is 0. The number of rotatable bonds is 2. The van der Waals surface area contributed by atoms with E-state index in [1.807, 2.05) is 0 Å². The molecule has 0 unspecified atom stereocenters. The molecule has 0 fully saturated rings. The van der Waals surface area contributed by atoms with Gasteiger partial charge in [0.15, 0.2) is 0 Å². The monoisotopic (exact) mass is 214 g/mol. The molecule has 4 nitrogen and oxygen atoms in total. The zero-order valence-electron chi connectivity index (χ0n) is 6.44. The molecule has 1 N–H and O–H groups in total. The van der Waals surface area contributed by atoms with E-state index in [0.29, 0.717) is 0 Å². The third kappa shape index (κ3) is 3.46. The molecule has 0 amide bonds. The van der Waals surface area contributed by atoms with Gasteiger partial charge < -0.3 is 5.32 Å². The van der Waals surface area contributed by atoms with Crippen molar-refractivity contribution in [3.8, 4) is 0 Å². The van der Waals surface area contributed by atoms with Gasteiger partial charge in [-0.1, -0.05) is 0 Å². The fourth-order valence-electron chi connectivity index (χ4n) is 0.584. The number of halogens is 5. The van der Waals surface area contributed by atoms with Gasteiger partial charge in [0.25, 0.3) is 0 Å². The van der Waals surface area contributed by atoms with Crippen LogP contribution in [0.2, 0.25) is 0 Å². The highest BCUT2D eigenvalue weighted by Gasteiger charge is 2.27. The minimum atomic E-state index is -4.51. The fourth-order valence-corrected chi connectivity index (χ4v) is 0.584. The topological polar surface area (TPSA) is 50.7 Å². The number of anilines is 1. The first-order chi connectivity index (χ1) is 6.37. The normalized spacial score (nSPS) is 11.5. The summed E-state index contributed by atoms with van der Waals surface area (Å²) in [5.41, 5.74) is 0. The number of alkyl halides is 3. The second-order valence-corrected chi connectivity index (χ2v) is 2.17. The van der Waals surface area contributed by atoms with Crippen molar-refractivity contribution in [2.24, 2.45) is 0 Å². The molecule has 78 valence electrons. The van der Waals surface area contributed by atoms with Gasteiger partial charge in [-0.2, -0.15) is 36.9 Å². The van der Waals surface area contributed by atoms with Gasteiger partial charge in [0, 0.05) is 0 Å². The fraction of sp³-hybridized carbons (Fsp3) is 0.400. The molecule has 0 aliphatic rings. The maximum atomic E-state index is 12.2. The van der Waals surface area contributed by atoms with Crippen molar-refractivity contribution in [1.29, 1.82) is 0 Å². The molecule has 1 heterocycles. The van der Waals surface area contributed by atoms with E-state index in [1.165, 1.54) is 0 Å². The third-order valence-electron chi connectivity index (χ3n) is 1.03. The molecule has 0 atom stereocenters. The van der Waals surface area contributed by atoms with Gasteiger partial charge >= 0.3 is 18.3 Å². The molecular formula is C5H3F5N4. The smallest absolute Gasteiger partial charge is 0.345 e. The Bertz CT molecular complexity index is 304. The molecular weight excluding hydrogens is 211 g/mol. The Balaban J connectivity index is 2.68. The van der Waals surface area contributed by atoms with Crippen molar-refractivity contribution >= 4 is 5.95 Å². The molecule has 9 heteroatoms. The summed E-state index contributed by atoms with van der Waals surface area (Å²) in [6.45, 7) is -1.48. The van der Waals surface area contributed by atoms with E-state index in [1.54, 1.807) is 5.32 Å². The average molecular weight is 214 g/mol. The summed E-state index contributed by atoms with van der Waals surface area (Å²) in [5, 5.41) is 1.60. The van der Waals surface area contributed by atoms with Gasteiger partial charge in [0.05, 0.1) is 0 Å². The lowest BCUT2D eigenvalue weighted by atomic mass is 10.6. The van der Waals surface area contributed by atoms with Crippen molar-refractivity contribution in [2.75, 3.05) is 11.9 Å². The molecule has 0 spiro atoms. The largest absolute Gasteiger partial charge is 0.405 e. The molecule has 1 aromatic heterocycles. The van der Waals surface area contributed by atoms with Crippen molar-refractivity contribution in [2.45, 2.75) is 6.18 Å². The average Bonchev–Trinajstić information content (AvgIpc) is 1.97. The SMILES string of the molecule is Fc1nc(F)nc(NCC(F)(F)F)n1. The van der Waals surface area contributed by atoms with Crippen LogP contribution >= 0.6 is 0 Å². The predicted octanol–water partition coefficient (Wildman–Crippen LogP) is 1.12. The van der Waals surface area contributed by atoms with Crippen LogP contribution in [0.5, 0.6) is 0 Å². The number of hydrogen-bond donors (Lipinski definition) is 1. The number of aromatic nitrogens is 3. The van der Waals surface area contributed by atoms with E-state index in [4.69, 9.17) is 0 Å². The van der Waals surface area contributed by atoms with Crippen LogP contribution in [0.3, 0.4) is 0 Å². The molecule has 0 aliphatic heterocycles. The minimum Gasteiger partial charge on any atom is -0.345 e. The highest BCUT2D eigenvalue weighted by molar-refractivity contribution is 5.21. The third-order valence-corrected chi connectivity index (χ3v) is 1.03. The van der Waals surface area contributed by atoms with E-state index < -0.39 is 30.8 Å². The number of nitrogens with one attached hydrogen (secondary N) is 1. The van der Waals surface area contributed by atoms with Crippen LogP contribution in [0.4, 0.5) is 27.9 Å². The molecule has 0 saturated carbocycles. The molecule has 0 radical (unpaired) electrons. The summed E-state index contributed by atoms with van der Waals surface area (Å²) < 4.78 is 59.3. The predicted molar refractivity (Wildman–Crippen MR) is 34.3 cm³/mol. The summed E-state index contributed by atoms with van der Waals surface area (Å²) in [7, 11) is 0. The van der Waals surface area contributed by atoms with E-state index >= 15 is 0 Å². The Morgan fingerprint density at radius 3 is 1.93 bits per heavy atom. The summed E-state index contributed by atoms with van der Waals surface area (Å²) in [6.07, 6.45) is -7.48. The van der Waals surface area contributed by atoms with Gasteiger partial charge in [-0.3, -0.25) is 0 Å². The molecule has 0 aromatic carbocycles. The summed E-state index contributed by atoms with van der Waals surface area (Å²) in [5.74, 6) is -0.799. The first-order valence-corrected chi connectivity index (χ1v) is 3.24. The van der Waals surface area contributed by atoms with Crippen LogP contribution in [0.1, 0.15) is 0 Å². The van der Waals surface area contributed by atoms with E-state index in [-0.39, 0.29) is 0 Å². The van der Waals surface area contributed by atoms with Crippen LogP contribution < -0.4 is 5.32 Å². The lowest BCUT2D eigenvalue weighted by Gasteiger charge is -2.07. The van der Waals surface area contributed by atoms with Crippen LogP contribution in [-0.2, 0) is 0 Å². The Morgan fingerprint density at radius 1 is 1.00 bits per heavy atom. The summed E-state index contributed by atoms with van der Waals surface area (Å²) in [4.78, 5) is 8.10. The molecule has 14 heavy (non-hydrogen) atoms. The quantitative estimate of drug-likeness (QED) is 0.749. The van der Waals surface area contributed by atoms with Crippen LogP contribution in [-0.4, -0.2) is 27.7 Å². The van der Waals surface area contributed by atoms with Crippen molar-refractivity contribution in [3.05, 3.63) is 12.2 Å². The molecule has 1 aromatic rings. The van der Waals surface area contributed by atoms with Crippen LogP contribution in [0.15, 0.2) is 0 Å². The van der Waals surface area contributed by atoms with Gasteiger partial charge in [-0.15, -0.1) is 0 Å². The Hall–Kier alpha value is -1.54. The van der Waals surface area contributed by atoms with E-state index in [0.717, 1.165) is 0 Å². The zero-order chi connectivity index (χ0) is 10.8. The van der Waals surface area contributed by atoms with Crippen molar-refractivity contribution in [1.82, 2.24) is 15.0 Å². The molecule has 0 saturated heterocycles. The van der Waals surface area contributed by atoms with Crippen molar-refractivity contribution < 1.29 is 22.0 Å². The van der Waals surface area contributed by atoms with Gasteiger partial charge in [0.1, 0.15) is 6.54 Å². The standard InChI is InChI=1S/C5H3F5N4/c6-2-12-3(7)14-4(13-2)11-1-5(8,9)10/h1H2,(H,11,12,13,14). The lowest BCUT2D eigenvalue weighted by molar-refractivity contribution is -0.115. The molecule has 0 aliphatic carbocycles. The van der Waals surface area contributed by atoms with Gasteiger partial charge in [-0.05, 0) is 0 Å². The maximum absolute atomic E-state index is 12.2. The molecule has 1 rings (SSSR count). The Kier molecular flexibility index (Phi) is 2.77. The second kappa shape index (κ2) is 3.68. The zero-order valence-corrected chi connectivity index (χ0v) is 6.44. The maximum Gasteiger partial charge on any atom is 0.405 e. The van der Waals surface area contributed by atoms with Gasteiger partial charge in [0.2, 0.25) is 5.95 Å². The van der Waals surface area contributed by atoms with Crippen LogP contribution in [0.25, 0.3) is 0 Å². The first-order valence-electron chi connectivity index (χ1n) is 3.24. The summed E-state index contributed by atoms with van der Waals surface area (Å²) in [6, 6.07) is 0. The Labute approximate surface area is 74.2 Å². The number of nitrogens with zero attached hydrogens (tertiary/aromatic N) is 3. The number of hydrogen-bond acceptors (Lipinski definition) is 4. The van der Waals surface area contributed by atoms with E-state index in [9.17, 15) is 22.0 Å². The second-order valence-electron chi connectivity index (χ2n) is 2.17. The highest BCUT2D eigenvalue weighted by atomic mass is 19.4. The Morgan fingerprint density at radius 2 is 1.50 bits per heavy atom. The van der Waals surface area contributed by atoms with E-state index in [2.05, 4.69) is 15.0 Å². The molecule has 0 bridgehead atoms. The van der Waals surface area contributed by atoms with Crippen molar-refractivity contribution in [3.63, 3.8) is 0 Å². The highest BCUT2D eigenvalue weighted by Crippen LogP contribution is 2.14. The first kappa shape index (κ1) is 10.5. The minimum absolute atomic E-state index is 0.799. The van der Waals surface area contributed by atoms with Crippen LogP contribution in [0, 0.1) is 12.2 Å². The lowest BCUT2D eigenvalue weighted by Crippen LogP contribution is -2.23.